The lowest BCUT2D eigenvalue weighted by atomic mass is 10.1. The van der Waals surface area contributed by atoms with Gasteiger partial charge in [-0.05, 0) is 43.1 Å². The average molecular weight is 270 g/mol. The number of hydrogen-bond acceptors (Lipinski definition) is 3. The highest BCUT2D eigenvalue weighted by atomic mass is 35.5. The first-order valence-corrected chi connectivity index (χ1v) is 6.61. The minimum atomic E-state index is -0.308. The van der Waals surface area contributed by atoms with Crippen LogP contribution in [0, 0.1) is 5.92 Å². The minimum absolute atomic E-state index is 0.308. The van der Waals surface area contributed by atoms with Crippen LogP contribution in [0.5, 0.6) is 0 Å². The number of carbonyl (C=O) groups is 1. The van der Waals surface area contributed by atoms with Crippen LogP contribution in [-0.2, 0) is 4.74 Å². The Balaban J connectivity index is 2.16. The van der Waals surface area contributed by atoms with Crippen molar-refractivity contribution in [3.63, 3.8) is 0 Å². The van der Waals surface area contributed by atoms with E-state index in [1.807, 2.05) is 0 Å². The fourth-order valence-corrected chi connectivity index (χ4v) is 1.53. The summed E-state index contributed by atoms with van der Waals surface area (Å²) in [5.74, 6) is 0.381. The number of hydrogen-bond donors (Lipinski definition) is 1. The lowest BCUT2D eigenvalue weighted by Crippen LogP contribution is -2.23. The molecule has 0 unspecified atom stereocenters. The van der Waals surface area contributed by atoms with Gasteiger partial charge in [0.05, 0.1) is 5.56 Å². The van der Waals surface area contributed by atoms with Crippen molar-refractivity contribution < 1.29 is 9.53 Å². The molecule has 0 fully saturated rings. The Morgan fingerprint density at radius 1 is 1.28 bits per heavy atom. The van der Waals surface area contributed by atoms with Gasteiger partial charge in [0.15, 0.2) is 0 Å². The molecular weight excluding hydrogens is 250 g/mol. The highest BCUT2D eigenvalue weighted by Crippen LogP contribution is 2.10. The second-order valence-electron chi connectivity index (χ2n) is 4.58. The molecule has 0 atom stereocenters. The molecule has 0 bridgehead atoms. The van der Waals surface area contributed by atoms with Crippen LogP contribution in [0.2, 0.25) is 5.02 Å². The first-order chi connectivity index (χ1) is 8.59. The number of rotatable bonds is 7. The normalized spacial score (nSPS) is 10.7. The Labute approximate surface area is 113 Å². The van der Waals surface area contributed by atoms with Crippen LogP contribution >= 0.6 is 11.6 Å². The van der Waals surface area contributed by atoms with E-state index in [0.29, 0.717) is 29.7 Å². The molecule has 1 aromatic rings. The smallest absolute Gasteiger partial charge is 0.338 e. The molecule has 1 N–H and O–H groups in total. The van der Waals surface area contributed by atoms with Crippen molar-refractivity contribution in [2.24, 2.45) is 5.92 Å². The van der Waals surface area contributed by atoms with Gasteiger partial charge in [-0.25, -0.2) is 4.79 Å². The number of benzene rings is 1. The zero-order chi connectivity index (χ0) is 13.4. The molecule has 1 rings (SSSR count). The zero-order valence-electron chi connectivity index (χ0n) is 10.9. The molecule has 4 heteroatoms. The van der Waals surface area contributed by atoms with Gasteiger partial charge in [0, 0.05) is 11.6 Å². The zero-order valence-corrected chi connectivity index (χ0v) is 11.7. The lowest BCUT2D eigenvalue weighted by Gasteiger charge is -2.08. The van der Waals surface area contributed by atoms with Gasteiger partial charge in [-0.3, -0.25) is 0 Å². The highest BCUT2D eigenvalue weighted by molar-refractivity contribution is 6.30. The average Bonchev–Trinajstić information content (AvgIpc) is 2.34. The van der Waals surface area contributed by atoms with Crippen molar-refractivity contribution in [2.75, 3.05) is 19.7 Å². The van der Waals surface area contributed by atoms with Gasteiger partial charge in [-0.15, -0.1) is 0 Å². The number of carbonyl (C=O) groups excluding carboxylic acids is 1. The van der Waals surface area contributed by atoms with Crippen LogP contribution in [0.1, 0.15) is 30.6 Å². The van der Waals surface area contributed by atoms with E-state index >= 15 is 0 Å². The quantitative estimate of drug-likeness (QED) is 0.610. The van der Waals surface area contributed by atoms with Crippen molar-refractivity contribution >= 4 is 17.6 Å². The maximum Gasteiger partial charge on any atom is 0.338 e. The predicted molar refractivity (Wildman–Crippen MR) is 74.1 cm³/mol. The summed E-state index contributed by atoms with van der Waals surface area (Å²) < 4.78 is 5.13. The molecule has 0 radical (unpaired) electrons. The van der Waals surface area contributed by atoms with Crippen molar-refractivity contribution in [2.45, 2.75) is 20.3 Å². The van der Waals surface area contributed by atoms with Crippen LogP contribution in [0.3, 0.4) is 0 Å². The van der Waals surface area contributed by atoms with Gasteiger partial charge in [0.2, 0.25) is 0 Å². The standard InChI is InChI=1S/C14H20ClNO2/c1-11(2)7-8-16-9-10-18-14(17)12-3-5-13(15)6-4-12/h3-6,11,16H,7-10H2,1-2H3. The van der Waals surface area contributed by atoms with Gasteiger partial charge in [0.25, 0.3) is 0 Å². The summed E-state index contributed by atoms with van der Waals surface area (Å²) in [6.45, 7) is 6.40. The molecule has 1 aromatic carbocycles. The second kappa shape index (κ2) is 8.11. The summed E-state index contributed by atoms with van der Waals surface area (Å²) >= 11 is 5.74. The summed E-state index contributed by atoms with van der Waals surface area (Å²) in [5, 5.41) is 3.85. The van der Waals surface area contributed by atoms with E-state index in [-0.39, 0.29) is 5.97 Å². The lowest BCUT2D eigenvalue weighted by molar-refractivity contribution is 0.0508. The molecule has 0 aliphatic carbocycles. The van der Waals surface area contributed by atoms with Gasteiger partial charge in [-0.2, -0.15) is 0 Å². The number of esters is 1. The predicted octanol–water partition coefficient (Wildman–Crippen LogP) is 3.13. The van der Waals surface area contributed by atoms with E-state index in [0.717, 1.165) is 13.0 Å². The van der Waals surface area contributed by atoms with E-state index in [2.05, 4.69) is 19.2 Å². The molecule has 3 nitrogen and oxygen atoms in total. The Morgan fingerprint density at radius 3 is 2.56 bits per heavy atom. The minimum Gasteiger partial charge on any atom is -0.461 e. The molecule has 0 aromatic heterocycles. The largest absolute Gasteiger partial charge is 0.461 e. The number of nitrogens with one attached hydrogen (secondary N) is 1. The summed E-state index contributed by atoms with van der Waals surface area (Å²) in [7, 11) is 0. The van der Waals surface area contributed by atoms with Crippen LogP contribution in [-0.4, -0.2) is 25.7 Å². The molecule has 0 amide bonds. The van der Waals surface area contributed by atoms with E-state index in [9.17, 15) is 4.79 Å². The second-order valence-corrected chi connectivity index (χ2v) is 5.01. The van der Waals surface area contributed by atoms with E-state index < -0.39 is 0 Å². The fraction of sp³-hybridized carbons (Fsp3) is 0.500. The Kier molecular flexibility index (Phi) is 6.76. The third kappa shape index (κ3) is 6.03. The molecule has 0 saturated carbocycles. The first kappa shape index (κ1) is 15.0. The van der Waals surface area contributed by atoms with Gasteiger partial charge < -0.3 is 10.1 Å². The Morgan fingerprint density at radius 2 is 1.94 bits per heavy atom. The SMILES string of the molecule is CC(C)CCNCCOC(=O)c1ccc(Cl)cc1. The highest BCUT2D eigenvalue weighted by Gasteiger charge is 2.05. The van der Waals surface area contributed by atoms with Crippen molar-refractivity contribution in [1.82, 2.24) is 5.32 Å². The van der Waals surface area contributed by atoms with Gasteiger partial charge in [-0.1, -0.05) is 25.4 Å². The molecule has 18 heavy (non-hydrogen) atoms. The summed E-state index contributed by atoms with van der Waals surface area (Å²) in [5.41, 5.74) is 0.529. The monoisotopic (exact) mass is 269 g/mol. The van der Waals surface area contributed by atoms with Crippen LogP contribution in [0.4, 0.5) is 0 Å². The van der Waals surface area contributed by atoms with E-state index in [4.69, 9.17) is 16.3 Å². The summed E-state index contributed by atoms with van der Waals surface area (Å²) in [4.78, 5) is 11.6. The van der Waals surface area contributed by atoms with E-state index in [1.165, 1.54) is 0 Å². The van der Waals surface area contributed by atoms with Crippen molar-refractivity contribution in [3.8, 4) is 0 Å². The Bertz CT molecular complexity index is 363. The summed E-state index contributed by atoms with van der Waals surface area (Å²) in [6, 6.07) is 6.69. The molecule has 0 spiro atoms. The van der Waals surface area contributed by atoms with Crippen LogP contribution in [0.15, 0.2) is 24.3 Å². The Hall–Kier alpha value is -1.06. The molecule has 0 aliphatic rings. The number of halogens is 1. The maximum atomic E-state index is 11.6. The molecule has 0 saturated heterocycles. The number of ether oxygens (including phenoxy) is 1. The fourth-order valence-electron chi connectivity index (χ4n) is 1.40. The van der Waals surface area contributed by atoms with Gasteiger partial charge >= 0.3 is 5.97 Å². The van der Waals surface area contributed by atoms with Crippen LogP contribution in [0.25, 0.3) is 0 Å². The third-order valence-corrected chi connectivity index (χ3v) is 2.74. The van der Waals surface area contributed by atoms with Crippen molar-refractivity contribution in [1.29, 1.82) is 0 Å². The molecule has 0 heterocycles. The van der Waals surface area contributed by atoms with Crippen molar-refractivity contribution in [3.05, 3.63) is 34.9 Å². The molecule has 100 valence electrons. The third-order valence-electron chi connectivity index (χ3n) is 2.49. The maximum absolute atomic E-state index is 11.6. The van der Waals surface area contributed by atoms with Crippen LogP contribution < -0.4 is 5.32 Å². The van der Waals surface area contributed by atoms with Gasteiger partial charge in [0.1, 0.15) is 6.61 Å². The molecule has 0 aliphatic heterocycles. The topological polar surface area (TPSA) is 38.3 Å². The van der Waals surface area contributed by atoms with E-state index in [1.54, 1.807) is 24.3 Å². The molecular formula is C14H20ClNO2. The summed E-state index contributed by atoms with van der Waals surface area (Å²) in [6.07, 6.45) is 1.13. The first-order valence-electron chi connectivity index (χ1n) is 6.23.